The number of hydrogen-bond acceptors (Lipinski definition) is 2. The molecule has 0 aliphatic carbocycles. The van der Waals surface area contributed by atoms with Crippen LogP contribution in [0.25, 0.3) is 0 Å². The second-order valence-electron chi connectivity index (χ2n) is 3.65. The molecule has 2 rings (SSSR count). The molecule has 1 aromatic rings. The lowest BCUT2D eigenvalue weighted by atomic mass is 10.1. The smallest absolute Gasteiger partial charge is 0.253 e. The lowest BCUT2D eigenvalue weighted by Gasteiger charge is -2.09. The molecule has 1 fully saturated rings. The molecule has 1 atom stereocenters. The number of carbonyl (C=O) groups is 1. The first-order valence-corrected chi connectivity index (χ1v) is 5.71. The van der Waals surface area contributed by atoms with Crippen LogP contribution in [0.1, 0.15) is 17.2 Å². The normalized spacial score (nSPS) is 22.1. The maximum atomic E-state index is 11.7. The van der Waals surface area contributed by atoms with Gasteiger partial charge in [-0.25, -0.2) is 0 Å². The van der Waals surface area contributed by atoms with Gasteiger partial charge in [-0.2, -0.15) is 0 Å². The van der Waals surface area contributed by atoms with Gasteiger partial charge in [0.2, 0.25) is 0 Å². The Morgan fingerprint density at radius 3 is 2.75 bits per heavy atom. The van der Waals surface area contributed by atoms with Crippen molar-refractivity contribution < 1.29 is 4.79 Å². The second kappa shape index (κ2) is 4.25. The molecular formula is C11H12BrN3O. The highest BCUT2D eigenvalue weighted by atomic mass is 79.9. The Morgan fingerprint density at radius 2 is 2.19 bits per heavy atom. The molecule has 5 heteroatoms. The van der Waals surface area contributed by atoms with E-state index < -0.39 is 0 Å². The van der Waals surface area contributed by atoms with Crippen LogP contribution in [-0.2, 0) is 4.79 Å². The van der Waals surface area contributed by atoms with E-state index in [2.05, 4.69) is 31.6 Å². The molecule has 0 spiro atoms. The molecule has 2 N–H and O–H groups in total. The number of amides is 1. The minimum atomic E-state index is -0.351. The first-order chi connectivity index (χ1) is 7.61. The summed E-state index contributed by atoms with van der Waals surface area (Å²) < 4.78 is 1.00. The molecule has 4 nitrogen and oxygen atoms in total. The minimum absolute atomic E-state index is 0.0728. The first-order valence-electron chi connectivity index (χ1n) is 4.92. The van der Waals surface area contributed by atoms with Crippen LogP contribution in [0.2, 0.25) is 0 Å². The topological polar surface area (TPSA) is 53.5 Å². The van der Waals surface area contributed by atoms with Crippen LogP contribution in [0.5, 0.6) is 0 Å². The predicted molar refractivity (Wildman–Crippen MR) is 66.3 cm³/mol. The highest BCUT2D eigenvalue weighted by Gasteiger charge is 2.29. The van der Waals surface area contributed by atoms with Crippen molar-refractivity contribution in [2.75, 3.05) is 7.05 Å². The molecule has 1 heterocycles. The van der Waals surface area contributed by atoms with Crippen molar-refractivity contribution in [2.45, 2.75) is 13.0 Å². The summed E-state index contributed by atoms with van der Waals surface area (Å²) >= 11 is 3.46. The number of nitrogens with zero attached hydrogens (tertiary/aromatic N) is 1. The van der Waals surface area contributed by atoms with Crippen molar-refractivity contribution in [1.29, 1.82) is 0 Å². The van der Waals surface area contributed by atoms with E-state index in [4.69, 9.17) is 0 Å². The van der Waals surface area contributed by atoms with Gasteiger partial charge in [0.15, 0.2) is 5.96 Å². The molecule has 1 saturated heterocycles. The van der Waals surface area contributed by atoms with E-state index in [1.165, 1.54) is 0 Å². The Morgan fingerprint density at radius 1 is 1.44 bits per heavy atom. The number of guanidine groups is 1. The fraction of sp³-hybridized carbons (Fsp3) is 0.273. The van der Waals surface area contributed by atoms with E-state index in [-0.39, 0.29) is 11.9 Å². The average Bonchev–Trinajstić information content (AvgIpc) is 2.64. The summed E-state index contributed by atoms with van der Waals surface area (Å²) in [7, 11) is 1.63. The largest absolute Gasteiger partial charge is 0.340 e. The Labute approximate surface area is 102 Å². The van der Waals surface area contributed by atoms with Gasteiger partial charge in [-0.3, -0.25) is 15.1 Å². The number of hydrogen-bond donors (Lipinski definition) is 2. The van der Waals surface area contributed by atoms with E-state index in [0.717, 1.165) is 15.6 Å². The Hall–Kier alpha value is -1.36. The number of aryl methyl sites for hydroxylation is 1. The summed E-state index contributed by atoms with van der Waals surface area (Å²) in [4.78, 5) is 15.6. The fourth-order valence-electron chi connectivity index (χ4n) is 1.57. The number of rotatable bonds is 1. The SMILES string of the molecule is CN=C1NC(=O)C(c2ccc(C)c(Br)c2)N1. The van der Waals surface area contributed by atoms with E-state index in [1.54, 1.807) is 7.05 Å². The third-order valence-corrected chi connectivity index (χ3v) is 3.39. The second-order valence-corrected chi connectivity index (χ2v) is 4.50. The molecule has 0 aromatic heterocycles. The van der Waals surface area contributed by atoms with Crippen molar-refractivity contribution in [3.05, 3.63) is 33.8 Å². The summed E-state index contributed by atoms with van der Waals surface area (Å²) in [5.41, 5.74) is 2.07. The Bertz CT molecular complexity index is 470. The molecule has 0 bridgehead atoms. The minimum Gasteiger partial charge on any atom is -0.340 e. The van der Waals surface area contributed by atoms with Gasteiger partial charge < -0.3 is 5.32 Å². The number of nitrogens with one attached hydrogen (secondary N) is 2. The van der Waals surface area contributed by atoms with Crippen LogP contribution >= 0.6 is 15.9 Å². The van der Waals surface area contributed by atoms with Crippen LogP contribution < -0.4 is 10.6 Å². The van der Waals surface area contributed by atoms with Gasteiger partial charge in [-0.05, 0) is 24.1 Å². The van der Waals surface area contributed by atoms with Crippen molar-refractivity contribution in [3.63, 3.8) is 0 Å². The number of aliphatic imine (C=N–C) groups is 1. The zero-order valence-electron chi connectivity index (χ0n) is 9.04. The molecule has 0 saturated carbocycles. The van der Waals surface area contributed by atoms with Crippen LogP contribution in [0.3, 0.4) is 0 Å². The van der Waals surface area contributed by atoms with Gasteiger partial charge >= 0.3 is 0 Å². The summed E-state index contributed by atoms with van der Waals surface area (Å²) in [5, 5.41) is 5.69. The van der Waals surface area contributed by atoms with Gasteiger partial charge in [-0.1, -0.05) is 28.1 Å². The number of carbonyl (C=O) groups excluding carboxylic acids is 1. The van der Waals surface area contributed by atoms with Crippen molar-refractivity contribution in [3.8, 4) is 0 Å². The van der Waals surface area contributed by atoms with Crippen LogP contribution in [0, 0.1) is 6.92 Å². The van der Waals surface area contributed by atoms with Crippen molar-refractivity contribution in [2.24, 2.45) is 4.99 Å². The van der Waals surface area contributed by atoms with Gasteiger partial charge in [-0.15, -0.1) is 0 Å². The van der Waals surface area contributed by atoms with Gasteiger partial charge in [0, 0.05) is 11.5 Å². The van der Waals surface area contributed by atoms with Crippen molar-refractivity contribution >= 4 is 27.8 Å². The highest BCUT2D eigenvalue weighted by molar-refractivity contribution is 9.10. The first kappa shape index (κ1) is 11.1. The van der Waals surface area contributed by atoms with Crippen LogP contribution in [0.15, 0.2) is 27.7 Å². The van der Waals surface area contributed by atoms with Gasteiger partial charge in [0.1, 0.15) is 6.04 Å². The van der Waals surface area contributed by atoms with E-state index in [0.29, 0.717) is 5.96 Å². The monoisotopic (exact) mass is 281 g/mol. The number of benzene rings is 1. The molecule has 1 aromatic carbocycles. The zero-order valence-corrected chi connectivity index (χ0v) is 10.6. The third kappa shape index (κ3) is 1.95. The summed E-state index contributed by atoms with van der Waals surface area (Å²) in [5.74, 6) is 0.447. The maximum Gasteiger partial charge on any atom is 0.253 e. The van der Waals surface area contributed by atoms with Gasteiger partial charge in [0.05, 0.1) is 0 Å². The molecule has 84 valence electrons. The number of halogens is 1. The zero-order chi connectivity index (χ0) is 11.7. The highest BCUT2D eigenvalue weighted by Crippen LogP contribution is 2.23. The van der Waals surface area contributed by atoms with Crippen molar-refractivity contribution in [1.82, 2.24) is 10.6 Å². The quantitative estimate of drug-likeness (QED) is 0.820. The molecule has 0 radical (unpaired) electrons. The molecular weight excluding hydrogens is 270 g/mol. The fourth-order valence-corrected chi connectivity index (χ4v) is 1.97. The lowest BCUT2D eigenvalue weighted by molar-refractivity contribution is -0.120. The molecule has 1 unspecified atom stereocenters. The summed E-state index contributed by atoms with van der Waals surface area (Å²) in [6, 6.07) is 5.52. The lowest BCUT2D eigenvalue weighted by Crippen LogP contribution is -2.24. The predicted octanol–water partition coefficient (Wildman–Crippen LogP) is 1.50. The molecule has 1 amide bonds. The van der Waals surface area contributed by atoms with E-state index in [9.17, 15) is 4.79 Å². The summed E-state index contributed by atoms with van der Waals surface area (Å²) in [6.45, 7) is 2.01. The van der Waals surface area contributed by atoms with Crippen LogP contribution in [-0.4, -0.2) is 18.9 Å². The van der Waals surface area contributed by atoms with E-state index in [1.807, 2.05) is 25.1 Å². The standard InChI is InChI=1S/C11H12BrN3O/c1-6-3-4-7(5-8(6)12)9-10(16)15-11(13-2)14-9/h3-5,9H,1-2H3,(H2,13,14,15,16). The molecule has 16 heavy (non-hydrogen) atoms. The van der Waals surface area contributed by atoms with E-state index >= 15 is 0 Å². The Kier molecular flexibility index (Phi) is 2.96. The average molecular weight is 282 g/mol. The van der Waals surface area contributed by atoms with Crippen LogP contribution in [0.4, 0.5) is 0 Å². The van der Waals surface area contributed by atoms with Gasteiger partial charge in [0.25, 0.3) is 5.91 Å². The Balaban J connectivity index is 2.31. The molecule has 1 aliphatic rings. The maximum absolute atomic E-state index is 11.7. The summed E-state index contributed by atoms with van der Waals surface area (Å²) in [6.07, 6.45) is 0. The third-order valence-electron chi connectivity index (χ3n) is 2.54. The molecule has 1 aliphatic heterocycles.